The lowest BCUT2D eigenvalue weighted by atomic mass is 10.3. The summed E-state index contributed by atoms with van der Waals surface area (Å²) in [5, 5.41) is 10.9. The monoisotopic (exact) mass is 168 g/mol. The fourth-order valence-corrected chi connectivity index (χ4v) is 0.935. The van der Waals surface area contributed by atoms with Gasteiger partial charge in [0.05, 0.1) is 5.69 Å². The highest BCUT2D eigenvalue weighted by molar-refractivity contribution is 5.95. The number of carboxylic acid groups (broad SMARTS) is 1. The van der Waals surface area contributed by atoms with Crippen molar-refractivity contribution >= 4 is 18.1 Å². The molecule has 1 heterocycles. The van der Waals surface area contributed by atoms with Crippen LogP contribution >= 0.6 is 0 Å². The van der Waals surface area contributed by atoms with Crippen molar-refractivity contribution in [2.75, 3.05) is 5.32 Å². The van der Waals surface area contributed by atoms with E-state index in [1.54, 1.807) is 13.0 Å². The Balaban J connectivity index is 3.07. The molecule has 0 unspecified atom stereocenters. The predicted molar refractivity (Wildman–Crippen MR) is 42.2 cm³/mol. The van der Waals surface area contributed by atoms with E-state index in [4.69, 9.17) is 5.11 Å². The second kappa shape index (κ2) is 3.08. The predicted octanol–water partition coefficient (Wildman–Crippen LogP) is 0.590. The maximum atomic E-state index is 10.5. The number of hydrogen-bond acceptors (Lipinski definition) is 2. The standard InChI is InChI=1S/C7H8N2O3/c1-4-2-5(8-3-10)6(9-4)7(11)12/h2-3,9H,1H3,(H,8,10)(H,11,12). The molecule has 1 amide bonds. The Morgan fingerprint density at radius 1 is 1.75 bits per heavy atom. The van der Waals surface area contributed by atoms with Gasteiger partial charge in [0, 0.05) is 5.69 Å². The highest BCUT2D eigenvalue weighted by Crippen LogP contribution is 2.15. The van der Waals surface area contributed by atoms with Crippen LogP contribution in [0.4, 0.5) is 5.69 Å². The van der Waals surface area contributed by atoms with Crippen molar-refractivity contribution < 1.29 is 14.7 Å². The Bertz CT molecular complexity index is 316. The zero-order chi connectivity index (χ0) is 9.14. The first-order chi connectivity index (χ1) is 5.65. The molecule has 0 fully saturated rings. The number of aromatic carboxylic acids is 1. The third kappa shape index (κ3) is 1.45. The van der Waals surface area contributed by atoms with Gasteiger partial charge in [0.2, 0.25) is 6.41 Å². The van der Waals surface area contributed by atoms with E-state index in [2.05, 4.69) is 10.3 Å². The van der Waals surface area contributed by atoms with Crippen molar-refractivity contribution in [3.05, 3.63) is 17.5 Å². The largest absolute Gasteiger partial charge is 0.477 e. The van der Waals surface area contributed by atoms with Crippen LogP contribution < -0.4 is 5.32 Å². The molecular formula is C7H8N2O3. The third-order valence-corrected chi connectivity index (χ3v) is 1.38. The minimum Gasteiger partial charge on any atom is -0.477 e. The molecule has 0 aliphatic rings. The molecular weight excluding hydrogens is 160 g/mol. The fraction of sp³-hybridized carbons (Fsp3) is 0.143. The molecule has 12 heavy (non-hydrogen) atoms. The van der Waals surface area contributed by atoms with E-state index in [1.165, 1.54) is 0 Å². The van der Waals surface area contributed by atoms with E-state index < -0.39 is 5.97 Å². The first kappa shape index (κ1) is 8.32. The van der Waals surface area contributed by atoms with E-state index in [9.17, 15) is 9.59 Å². The number of anilines is 1. The second-order valence-electron chi connectivity index (χ2n) is 2.31. The molecule has 0 atom stereocenters. The molecule has 0 aliphatic carbocycles. The van der Waals surface area contributed by atoms with Crippen LogP contribution in [0.25, 0.3) is 0 Å². The van der Waals surface area contributed by atoms with Crippen LogP contribution in [-0.4, -0.2) is 22.5 Å². The van der Waals surface area contributed by atoms with Gasteiger partial charge >= 0.3 is 5.97 Å². The molecule has 0 aromatic carbocycles. The average Bonchev–Trinajstić information content (AvgIpc) is 2.32. The van der Waals surface area contributed by atoms with Crippen molar-refractivity contribution in [3.8, 4) is 0 Å². The van der Waals surface area contributed by atoms with Crippen LogP contribution in [-0.2, 0) is 4.79 Å². The van der Waals surface area contributed by atoms with Gasteiger partial charge in [-0.2, -0.15) is 0 Å². The van der Waals surface area contributed by atoms with Crippen LogP contribution in [0.5, 0.6) is 0 Å². The van der Waals surface area contributed by atoms with Gasteiger partial charge in [-0.15, -0.1) is 0 Å². The van der Waals surface area contributed by atoms with Gasteiger partial charge < -0.3 is 15.4 Å². The van der Waals surface area contributed by atoms with E-state index in [-0.39, 0.29) is 11.4 Å². The number of H-pyrrole nitrogens is 1. The minimum atomic E-state index is -1.09. The number of aromatic nitrogens is 1. The number of aromatic amines is 1. The fourth-order valence-electron chi connectivity index (χ4n) is 0.935. The van der Waals surface area contributed by atoms with E-state index >= 15 is 0 Å². The van der Waals surface area contributed by atoms with E-state index in [1.807, 2.05) is 0 Å². The van der Waals surface area contributed by atoms with Gasteiger partial charge in [0.25, 0.3) is 0 Å². The molecule has 3 N–H and O–H groups in total. The Kier molecular flexibility index (Phi) is 2.14. The van der Waals surface area contributed by atoms with Gasteiger partial charge in [-0.05, 0) is 13.0 Å². The molecule has 0 aliphatic heterocycles. The quantitative estimate of drug-likeness (QED) is 0.577. The third-order valence-electron chi connectivity index (χ3n) is 1.38. The summed E-state index contributed by atoms with van der Waals surface area (Å²) in [5.74, 6) is -1.09. The molecule has 1 rings (SSSR count). The van der Waals surface area contributed by atoms with Gasteiger partial charge in [-0.3, -0.25) is 4.79 Å². The number of carboxylic acids is 1. The smallest absolute Gasteiger partial charge is 0.354 e. The Hall–Kier alpha value is -1.78. The zero-order valence-corrected chi connectivity index (χ0v) is 6.42. The zero-order valence-electron chi connectivity index (χ0n) is 6.42. The van der Waals surface area contributed by atoms with Crippen LogP contribution in [0.15, 0.2) is 6.07 Å². The average molecular weight is 168 g/mol. The summed E-state index contributed by atoms with van der Waals surface area (Å²) in [6.45, 7) is 1.71. The van der Waals surface area contributed by atoms with Crippen LogP contribution in [0.1, 0.15) is 16.2 Å². The molecule has 0 bridgehead atoms. The highest BCUT2D eigenvalue weighted by atomic mass is 16.4. The van der Waals surface area contributed by atoms with Crippen molar-refractivity contribution in [1.29, 1.82) is 0 Å². The van der Waals surface area contributed by atoms with Crippen molar-refractivity contribution in [2.24, 2.45) is 0 Å². The normalized spacial score (nSPS) is 9.42. The van der Waals surface area contributed by atoms with Crippen molar-refractivity contribution in [1.82, 2.24) is 4.98 Å². The number of hydrogen-bond donors (Lipinski definition) is 3. The molecule has 0 saturated heterocycles. The molecule has 5 nitrogen and oxygen atoms in total. The topological polar surface area (TPSA) is 82.2 Å². The maximum Gasteiger partial charge on any atom is 0.354 e. The summed E-state index contributed by atoms with van der Waals surface area (Å²) in [4.78, 5) is 23.2. The first-order valence-electron chi connectivity index (χ1n) is 3.28. The number of aryl methyl sites for hydroxylation is 1. The lowest BCUT2D eigenvalue weighted by Gasteiger charge is -1.94. The lowest BCUT2D eigenvalue weighted by molar-refractivity contribution is -0.105. The summed E-state index contributed by atoms with van der Waals surface area (Å²) >= 11 is 0. The number of rotatable bonds is 3. The van der Waals surface area contributed by atoms with Crippen LogP contribution in [0.3, 0.4) is 0 Å². The van der Waals surface area contributed by atoms with Crippen LogP contribution in [0, 0.1) is 6.92 Å². The Morgan fingerprint density at radius 2 is 2.42 bits per heavy atom. The molecule has 0 saturated carbocycles. The first-order valence-corrected chi connectivity index (χ1v) is 3.28. The molecule has 64 valence electrons. The number of nitrogens with one attached hydrogen (secondary N) is 2. The Labute approximate surface area is 68.4 Å². The second-order valence-corrected chi connectivity index (χ2v) is 2.31. The number of amides is 1. The molecule has 0 spiro atoms. The minimum absolute atomic E-state index is 0.000370. The maximum absolute atomic E-state index is 10.5. The molecule has 0 radical (unpaired) electrons. The van der Waals surface area contributed by atoms with Gasteiger partial charge in [-0.25, -0.2) is 4.79 Å². The van der Waals surface area contributed by atoms with E-state index in [0.29, 0.717) is 12.1 Å². The number of carbonyl (C=O) groups is 2. The van der Waals surface area contributed by atoms with E-state index in [0.717, 1.165) is 0 Å². The summed E-state index contributed by atoms with van der Waals surface area (Å²) in [6.07, 6.45) is 0.440. The van der Waals surface area contributed by atoms with Gasteiger partial charge in [0.1, 0.15) is 5.69 Å². The molecule has 1 aromatic rings. The summed E-state index contributed by atoms with van der Waals surface area (Å²) < 4.78 is 0. The summed E-state index contributed by atoms with van der Waals surface area (Å²) in [5.41, 5.74) is 0.978. The molecule has 5 heteroatoms. The SMILES string of the molecule is Cc1cc(NC=O)c(C(=O)O)[nH]1. The van der Waals surface area contributed by atoms with Crippen LogP contribution in [0.2, 0.25) is 0 Å². The molecule has 1 aromatic heterocycles. The summed E-state index contributed by atoms with van der Waals surface area (Å²) in [7, 11) is 0. The highest BCUT2D eigenvalue weighted by Gasteiger charge is 2.11. The van der Waals surface area contributed by atoms with Gasteiger partial charge in [-0.1, -0.05) is 0 Å². The lowest BCUT2D eigenvalue weighted by Crippen LogP contribution is -2.02. The Morgan fingerprint density at radius 3 is 2.92 bits per heavy atom. The number of carbonyl (C=O) groups excluding carboxylic acids is 1. The van der Waals surface area contributed by atoms with Crippen molar-refractivity contribution in [2.45, 2.75) is 6.92 Å². The summed E-state index contributed by atoms with van der Waals surface area (Å²) in [6, 6.07) is 1.55. The van der Waals surface area contributed by atoms with Crippen molar-refractivity contribution in [3.63, 3.8) is 0 Å². The van der Waals surface area contributed by atoms with Gasteiger partial charge in [0.15, 0.2) is 0 Å².